The van der Waals surface area contributed by atoms with Crippen LogP contribution >= 0.6 is 0 Å². The molecule has 39 heavy (non-hydrogen) atoms. The second kappa shape index (κ2) is 11.6. The largest absolute Gasteiger partial charge is 0.481 e. The van der Waals surface area contributed by atoms with E-state index in [2.05, 4.69) is 20.8 Å². The van der Waals surface area contributed by atoms with E-state index in [-0.39, 0.29) is 0 Å². The molecule has 218 valence electrons. The summed E-state index contributed by atoms with van der Waals surface area (Å²) in [4.78, 5) is 11.2. The molecule has 4 aliphatic carbocycles. The summed E-state index contributed by atoms with van der Waals surface area (Å²) < 4.78 is 6.47. The molecule has 5 heteroatoms. The fraction of sp³-hybridized carbons (Fsp3) is 0.794. The van der Waals surface area contributed by atoms with Crippen molar-refractivity contribution in [1.82, 2.24) is 0 Å². The molecule has 5 N–H and O–H groups in total. The summed E-state index contributed by atoms with van der Waals surface area (Å²) >= 11 is 0. The molecule has 5 rings (SSSR count). The first-order valence-corrected chi connectivity index (χ1v) is 16.1. The van der Waals surface area contributed by atoms with E-state index in [1.807, 2.05) is 18.2 Å². The number of carbonyl (C=O) groups is 1. The number of hydrogen-bond acceptors (Lipinski definition) is 4. The van der Waals surface area contributed by atoms with Crippen LogP contribution in [0.15, 0.2) is 18.2 Å². The lowest BCUT2D eigenvalue weighted by Gasteiger charge is -2.61. The van der Waals surface area contributed by atoms with Gasteiger partial charge in [0.15, 0.2) is 0 Å². The van der Waals surface area contributed by atoms with Crippen LogP contribution in [0, 0.1) is 46.3 Å². The number of carboxylic acid groups (broad SMARTS) is 1. The van der Waals surface area contributed by atoms with Crippen LogP contribution in [0.3, 0.4) is 0 Å². The van der Waals surface area contributed by atoms with Gasteiger partial charge in [0.05, 0.1) is 6.10 Å². The van der Waals surface area contributed by atoms with Crippen molar-refractivity contribution in [3.05, 3.63) is 23.8 Å². The number of aliphatic carboxylic acids is 1. The van der Waals surface area contributed by atoms with Crippen molar-refractivity contribution < 1.29 is 14.6 Å². The number of anilines is 2. The Kier molecular flexibility index (Phi) is 8.57. The Morgan fingerprint density at radius 3 is 2.44 bits per heavy atom. The van der Waals surface area contributed by atoms with E-state index < -0.39 is 5.97 Å². The molecule has 4 fully saturated rings. The van der Waals surface area contributed by atoms with E-state index in [9.17, 15) is 9.90 Å². The summed E-state index contributed by atoms with van der Waals surface area (Å²) in [5, 5.41) is 9.23. The lowest BCUT2D eigenvalue weighted by Crippen LogP contribution is -2.54. The Morgan fingerprint density at radius 1 is 0.974 bits per heavy atom. The SMILES string of the molecule is C[C@H](CCC(=O)O)[C@H]1CC[C@H]2[C@@H]3CCC4CC(OCCCCc5cc(N)cc(N)c5)CC[C@]4(C)[C@H]3CC[C@]12C. The number of nitrogen functional groups attached to an aromatic ring is 2. The van der Waals surface area contributed by atoms with E-state index in [0.717, 1.165) is 67.3 Å². The maximum absolute atomic E-state index is 11.2. The van der Waals surface area contributed by atoms with Gasteiger partial charge in [-0.05, 0) is 154 Å². The molecule has 0 aromatic heterocycles. The molecular weight excluding hydrogens is 484 g/mol. The van der Waals surface area contributed by atoms with Gasteiger partial charge in [-0.15, -0.1) is 0 Å². The molecule has 0 spiro atoms. The highest BCUT2D eigenvalue weighted by atomic mass is 16.5. The second-order valence-corrected chi connectivity index (χ2v) is 14.5. The third-order valence-corrected chi connectivity index (χ3v) is 12.4. The Balaban J connectivity index is 1.11. The zero-order valence-corrected chi connectivity index (χ0v) is 24.8. The number of hydrogen-bond donors (Lipinski definition) is 3. The molecule has 0 amide bonds. The quantitative estimate of drug-likeness (QED) is 0.209. The van der Waals surface area contributed by atoms with Crippen LogP contribution in [-0.2, 0) is 16.0 Å². The summed E-state index contributed by atoms with van der Waals surface area (Å²) in [5.74, 6) is 3.98. The van der Waals surface area contributed by atoms with Crippen molar-refractivity contribution >= 4 is 17.3 Å². The van der Waals surface area contributed by atoms with Crippen LogP contribution in [0.25, 0.3) is 0 Å². The summed E-state index contributed by atoms with van der Waals surface area (Å²) in [7, 11) is 0. The van der Waals surface area contributed by atoms with Crippen LogP contribution in [0.1, 0.15) is 110 Å². The highest BCUT2D eigenvalue weighted by molar-refractivity contribution is 5.66. The van der Waals surface area contributed by atoms with Gasteiger partial charge in [0.2, 0.25) is 0 Å². The molecule has 1 aromatic rings. The molecule has 0 radical (unpaired) electrons. The summed E-state index contributed by atoms with van der Waals surface area (Å²) in [5.41, 5.74) is 15.5. The lowest BCUT2D eigenvalue weighted by atomic mass is 9.44. The normalized spacial score (nSPS) is 38.4. The van der Waals surface area contributed by atoms with Gasteiger partial charge < -0.3 is 21.3 Å². The molecule has 0 aliphatic heterocycles. The molecule has 0 bridgehead atoms. The van der Waals surface area contributed by atoms with Crippen molar-refractivity contribution in [3.8, 4) is 0 Å². The maximum atomic E-state index is 11.2. The summed E-state index contributed by atoms with van der Waals surface area (Å²) in [6, 6.07) is 5.89. The van der Waals surface area contributed by atoms with Gasteiger partial charge >= 0.3 is 5.97 Å². The van der Waals surface area contributed by atoms with Crippen molar-refractivity contribution in [3.63, 3.8) is 0 Å². The van der Waals surface area contributed by atoms with E-state index in [1.54, 1.807) is 0 Å². The van der Waals surface area contributed by atoms with Crippen molar-refractivity contribution in [1.29, 1.82) is 0 Å². The number of unbranched alkanes of at least 4 members (excludes halogenated alkanes) is 1. The minimum atomic E-state index is -0.639. The number of ether oxygens (including phenoxy) is 1. The van der Waals surface area contributed by atoms with E-state index >= 15 is 0 Å². The van der Waals surface area contributed by atoms with Crippen LogP contribution in [-0.4, -0.2) is 23.8 Å². The van der Waals surface area contributed by atoms with Crippen molar-refractivity contribution in [2.24, 2.45) is 46.3 Å². The van der Waals surface area contributed by atoms with E-state index in [4.69, 9.17) is 16.2 Å². The number of aryl methyl sites for hydroxylation is 1. The Hall–Kier alpha value is -1.75. The molecule has 0 heterocycles. The molecule has 9 atom stereocenters. The predicted molar refractivity (Wildman–Crippen MR) is 159 cm³/mol. The predicted octanol–water partition coefficient (Wildman–Crippen LogP) is 7.72. The highest BCUT2D eigenvalue weighted by Crippen LogP contribution is 2.68. The molecule has 4 aliphatic rings. The van der Waals surface area contributed by atoms with E-state index in [0.29, 0.717) is 35.2 Å². The second-order valence-electron chi connectivity index (χ2n) is 14.5. The lowest BCUT2D eigenvalue weighted by molar-refractivity contribution is -0.139. The van der Waals surface area contributed by atoms with Crippen molar-refractivity contribution in [2.75, 3.05) is 18.1 Å². The van der Waals surface area contributed by atoms with Gasteiger partial charge in [0.25, 0.3) is 0 Å². The monoisotopic (exact) mass is 538 g/mol. The smallest absolute Gasteiger partial charge is 0.303 e. The highest BCUT2D eigenvalue weighted by Gasteiger charge is 2.60. The number of benzene rings is 1. The fourth-order valence-corrected chi connectivity index (χ4v) is 10.5. The number of rotatable bonds is 10. The maximum Gasteiger partial charge on any atom is 0.303 e. The van der Waals surface area contributed by atoms with Gasteiger partial charge in [0.1, 0.15) is 0 Å². The standard InChI is InChI=1S/C34H54N2O3/c1-22(7-12-32(37)38)29-10-11-30-28-9-8-24-20-27(13-15-33(24,2)31(28)14-16-34(29,30)3)39-17-5-4-6-23-18-25(35)21-26(36)19-23/h18-19,21-22,24,27-31H,4-17,20,35-36H2,1-3H3,(H,37,38)/t22-,24?,27?,28+,29-,30+,31+,33+,34-/m1/s1. The third-order valence-electron chi connectivity index (χ3n) is 12.4. The van der Waals surface area contributed by atoms with Crippen LogP contribution in [0.5, 0.6) is 0 Å². The van der Waals surface area contributed by atoms with Crippen LogP contribution in [0.4, 0.5) is 11.4 Å². The average molecular weight is 539 g/mol. The van der Waals surface area contributed by atoms with Gasteiger partial charge in [0, 0.05) is 24.4 Å². The van der Waals surface area contributed by atoms with Gasteiger partial charge in [-0.2, -0.15) is 0 Å². The topological polar surface area (TPSA) is 98.6 Å². The molecule has 1 aromatic carbocycles. The van der Waals surface area contributed by atoms with Crippen LogP contribution in [0.2, 0.25) is 0 Å². The molecule has 2 unspecified atom stereocenters. The molecular formula is C34H54N2O3. The first-order chi connectivity index (χ1) is 18.6. The molecule has 5 nitrogen and oxygen atoms in total. The zero-order valence-electron chi connectivity index (χ0n) is 24.8. The minimum Gasteiger partial charge on any atom is -0.481 e. The first kappa shape index (κ1) is 28.8. The van der Waals surface area contributed by atoms with Crippen molar-refractivity contribution in [2.45, 2.75) is 117 Å². The average Bonchev–Trinajstić information content (AvgIpc) is 3.24. The van der Waals surface area contributed by atoms with E-state index in [1.165, 1.54) is 63.4 Å². The van der Waals surface area contributed by atoms with Crippen LogP contribution < -0.4 is 11.5 Å². The Labute approximate surface area is 236 Å². The van der Waals surface area contributed by atoms with Gasteiger partial charge in [-0.1, -0.05) is 20.8 Å². The summed E-state index contributed by atoms with van der Waals surface area (Å²) in [6.07, 6.45) is 16.8. The molecule has 0 saturated heterocycles. The number of fused-ring (bicyclic) bond motifs is 5. The number of carboxylic acids is 1. The van der Waals surface area contributed by atoms with Gasteiger partial charge in [-0.3, -0.25) is 4.79 Å². The Bertz CT molecular complexity index is 992. The fourth-order valence-electron chi connectivity index (χ4n) is 10.5. The molecule has 4 saturated carbocycles. The van der Waals surface area contributed by atoms with Gasteiger partial charge in [-0.25, -0.2) is 0 Å². The third kappa shape index (κ3) is 5.85. The number of nitrogens with two attached hydrogens (primary N) is 2. The summed E-state index contributed by atoms with van der Waals surface area (Å²) in [6.45, 7) is 8.43. The minimum absolute atomic E-state index is 0.324. The first-order valence-electron chi connectivity index (χ1n) is 16.1. The Morgan fingerprint density at radius 2 is 1.69 bits per heavy atom. The zero-order chi connectivity index (χ0) is 27.8.